The van der Waals surface area contributed by atoms with Crippen molar-refractivity contribution >= 4 is 22.5 Å². The lowest BCUT2D eigenvalue weighted by molar-refractivity contribution is 0.0786. The Hall–Kier alpha value is -1.84. The van der Waals surface area contributed by atoms with Gasteiger partial charge in [0.25, 0.3) is 0 Å². The second-order valence-electron chi connectivity index (χ2n) is 5.37. The van der Waals surface area contributed by atoms with Crippen molar-refractivity contribution in [1.29, 1.82) is 0 Å². The molecule has 0 amide bonds. The molecule has 0 unspecified atom stereocenters. The first-order valence-electron chi connectivity index (χ1n) is 6.43. The molecule has 2 N–H and O–H groups in total. The molecule has 0 atom stereocenters. The molecule has 3 rings (SSSR count). The van der Waals surface area contributed by atoms with Crippen LogP contribution in [0.4, 0.5) is 0 Å². The van der Waals surface area contributed by atoms with Crippen LogP contribution in [0.2, 0.25) is 5.02 Å². The number of nitrogens with zero attached hydrogens (tertiary/aromatic N) is 1. The lowest BCUT2D eigenvalue weighted by Gasteiger charge is -2.18. The molecule has 0 bridgehead atoms. The largest absolute Gasteiger partial charge is 0.386 e. The Balaban J connectivity index is 2.22. The first-order valence-corrected chi connectivity index (χ1v) is 6.80. The summed E-state index contributed by atoms with van der Waals surface area (Å²) in [6, 6.07) is 13.4. The van der Waals surface area contributed by atoms with E-state index < -0.39 is 5.60 Å². The molecule has 4 heteroatoms. The zero-order valence-electron chi connectivity index (χ0n) is 11.3. The fourth-order valence-corrected chi connectivity index (χ4v) is 2.55. The van der Waals surface area contributed by atoms with E-state index >= 15 is 0 Å². The highest BCUT2D eigenvalue weighted by atomic mass is 35.5. The Bertz CT molecular complexity index is 771. The zero-order valence-corrected chi connectivity index (χ0v) is 12.1. The Labute approximate surface area is 122 Å². The third-order valence-corrected chi connectivity index (χ3v) is 3.70. The molecule has 102 valence electrons. The molecule has 3 nitrogen and oxygen atoms in total. The predicted molar refractivity (Wildman–Crippen MR) is 81.8 cm³/mol. The van der Waals surface area contributed by atoms with Crippen LogP contribution in [0.1, 0.15) is 19.4 Å². The van der Waals surface area contributed by atoms with Gasteiger partial charge in [0.15, 0.2) is 0 Å². The van der Waals surface area contributed by atoms with E-state index in [1.54, 1.807) is 13.8 Å². The van der Waals surface area contributed by atoms with Gasteiger partial charge < -0.3 is 5.11 Å². The normalized spacial score (nSPS) is 12.0. The maximum absolute atomic E-state index is 10.1. The lowest BCUT2D eigenvalue weighted by atomic mass is 9.95. The monoisotopic (exact) mass is 286 g/mol. The fourth-order valence-electron chi connectivity index (χ4n) is 2.29. The van der Waals surface area contributed by atoms with Gasteiger partial charge in [-0.3, -0.25) is 5.10 Å². The van der Waals surface area contributed by atoms with Crippen molar-refractivity contribution in [2.24, 2.45) is 0 Å². The van der Waals surface area contributed by atoms with Crippen molar-refractivity contribution < 1.29 is 5.11 Å². The van der Waals surface area contributed by atoms with E-state index in [1.807, 2.05) is 42.5 Å². The summed E-state index contributed by atoms with van der Waals surface area (Å²) in [6.45, 7) is 3.53. The van der Waals surface area contributed by atoms with Gasteiger partial charge in [-0.05, 0) is 37.6 Å². The molecule has 2 aromatic carbocycles. The Morgan fingerprint density at radius 1 is 1.15 bits per heavy atom. The molecule has 3 aromatic rings. The van der Waals surface area contributed by atoms with Gasteiger partial charge in [0.1, 0.15) is 5.69 Å². The number of fused-ring (bicyclic) bond motifs is 1. The minimum Gasteiger partial charge on any atom is -0.386 e. The highest BCUT2D eigenvalue weighted by Crippen LogP contribution is 2.33. The maximum Gasteiger partial charge on any atom is 0.101 e. The van der Waals surface area contributed by atoms with Gasteiger partial charge in [-0.2, -0.15) is 5.10 Å². The topological polar surface area (TPSA) is 48.9 Å². The van der Waals surface area contributed by atoms with E-state index in [9.17, 15) is 5.11 Å². The molecule has 0 saturated carbocycles. The summed E-state index contributed by atoms with van der Waals surface area (Å²) in [4.78, 5) is 0. The van der Waals surface area contributed by atoms with Crippen LogP contribution in [0, 0.1) is 0 Å². The van der Waals surface area contributed by atoms with Gasteiger partial charge in [0.2, 0.25) is 0 Å². The van der Waals surface area contributed by atoms with E-state index in [0.29, 0.717) is 5.02 Å². The van der Waals surface area contributed by atoms with Crippen molar-refractivity contribution in [3.63, 3.8) is 0 Å². The van der Waals surface area contributed by atoms with Crippen molar-refractivity contribution in [3.05, 3.63) is 53.1 Å². The SMILES string of the molecule is CC(C)(O)c1cccc(-c2n[nH]c3cccc(Cl)c23)c1. The van der Waals surface area contributed by atoms with Crippen LogP contribution in [-0.4, -0.2) is 15.3 Å². The van der Waals surface area contributed by atoms with Crippen molar-refractivity contribution in [2.45, 2.75) is 19.4 Å². The highest BCUT2D eigenvalue weighted by Gasteiger charge is 2.18. The second kappa shape index (κ2) is 4.62. The molecule has 0 radical (unpaired) electrons. The summed E-state index contributed by atoms with van der Waals surface area (Å²) in [6.07, 6.45) is 0. The second-order valence-corrected chi connectivity index (χ2v) is 5.78. The van der Waals surface area contributed by atoms with Crippen molar-refractivity contribution in [3.8, 4) is 11.3 Å². The van der Waals surface area contributed by atoms with Gasteiger partial charge >= 0.3 is 0 Å². The maximum atomic E-state index is 10.1. The number of aliphatic hydroxyl groups is 1. The number of rotatable bonds is 2. The van der Waals surface area contributed by atoms with Crippen LogP contribution in [-0.2, 0) is 5.60 Å². The molecule has 0 aliphatic rings. The third-order valence-electron chi connectivity index (χ3n) is 3.38. The molecule has 1 heterocycles. The van der Waals surface area contributed by atoms with Gasteiger partial charge in [0.05, 0.1) is 16.1 Å². The quantitative estimate of drug-likeness (QED) is 0.745. The predicted octanol–water partition coefficient (Wildman–Crippen LogP) is 4.11. The summed E-state index contributed by atoms with van der Waals surface area (Å²) in [5.74, 6) is 0. The van der Waals surface area contributed by atoms with Crippen LogP contribution in [0.15, 0.2) is 42.5 Å². The minimum absolute atomic E-state index is 0.667. The standard InChI is InChI=1S/C16H15ClN2O/c1-16(2,20)11-6-3-5-10(9-11)15-14-12(17)7-4-8-13(14)18-19-15/h3-9,20H,1-2H3,(H,18,19). The number of hydrogen-bond acceptors (Lipinski definition) is 2. The Kier molecular flexibility index (Phi) is 3.04. The van der Waals surface area contributed by atoms with E-state index in [1.165, 1.54) is 0 Å². The molecule has 0 spiro atoms. The molecule has 0 saturated heterocycles. The van der Waals surface area contributed by atoms with Gasteiger partial charge in [-0.1, -0.05) is 35.9 Å². The number of hydrogen-bond donors (Lipinski definition) is 2. The van der Waals surface area contributed by atoms with E-state index in [4.69, 9.17) is 11.6 Å². The number of aromatic nitrogens is 2. The molecule has 0 aliphatic heterocycles. The summed E-state index contributed by atoms with van der Waals surface area (Å²) >= 11 is 6.27. The van der Waals surface area contributed by atoms with Gasteiger partial charge in [-0.25, -0.2) is 0 Å². The summed E-state index contributed by atoms with van der Waals surface area (Å²) in [5, 5.41) is 19.0. The number of halogens is 1. The third kappa shape index (κ3) is 2.19. The number of nitrogens with one attached hydrogen (secondary N) is 1. The molecule has 20 heavy (non-hydrogen) atoms. The van der Waals surface area contributed by atoms with E-state index in [2.05, 4.69) is 10.2 Å². The number of benzene rings is 2. The average Bonchev–Trinajstić information content (AvgIpc) is 2.83. The van der Waals surface area contributed by atoms with Gasteiger partial charge in [-0.15, -0.1) is 0 Å². The number of aromatic amines is 1. The minimum atomic E-state index is -0.883. The summed E-state index contributed by atoms with van der Waals surface area (Å²) < 4.78 is 0. The van der Waals surface area contributed by atoms with Crippen LogP contribution in [0.3, 0.4) is 0 Å². The Morgan fingerprint density at radius 2 is 1.90 bits per heavy atom. The van der Waals surface area contributed by atoms with Crippen molar-refractivity contribution in [1.82, 2.24) is 10.2 Å². The molecular formula is C16H15ClN2O. The Morgan fingerprint density at radius 3 is 2.65 bits per heavy atom. The summed E-state index contributed by atoms with van der Waals surface area (Å²) in [7, 11) is 0. The molecular weight excluding hydrogens is 272 g/mol. The zero-order chi connectivity index (χ0) is 14.3. The fraction of sp³-hybridized carbons (Fsp3) is 0.188. The average molecular weight is 287 g/mol. The van der Waals surface area contributed by atoms with E-state index in [-0.39, 0.29) is 0 Å². The first-order chi connectivity index (χ1) is 9.47. The van der Waals surface area contributed by atoms with Crippen LogP contribution in [0.5, 0.6) is 0 Å². The van der Waals surface area contributed by atoms with Crippen molar-refractivity contribution in [2.75, 3.05) is 0 Å². The van der Waals surface area contributed by atoms with Crippen LogP contribution >= 0.6 is 11.6 Å². The molecule has 0 aliphatic carbocycles. The summed E-state index contributed by atoms with van der Waals surface area (Å²) in [5.41, 5.74) is 2.60. The molecule has 1 aromatic heterocycles. The smallest absolute Gasteiger partial charge is 0.101 e. The lowest BCUT2D eigenvalue weighted by Crippen LogP contribution is -2.15. The highest BCUT2D eigenvalue weighted by molar-refractivity contribution is 6.36. The van der Waals surface area contributed by atoms with Gasteiger partial charge in [0, 0.05) is 10.9 Å². The first kappa shape index (κ1) is 13.2. The van der Waals surface area contributed by atoms with Crippen LogP contribution < -0.4 is 0 Å². The number of H-pyrrole nitrogens is 1. The molecule has 0 fully saturated rings. The van der Waals surface area contributed by atoms with E-state index in [0.717, 1.165) is 27.7 Å². The van der Waals surface area contributed by atoms with Crippen LogP contribution in [0.25, 0.3) is 22.2 Å².